The van der Waals surface area contributed by atoms with Crippen molar-refractivity contribution < 1.29 is 17.9 Å². The van der Waals surface area contributed by atoms with E-state index >= 15 is 0 Å². The Bertz CT molecular complexity index is 338. The Kier molecular flexibility index (Phi) is 4.80. The van der Waals surface area contributed by atoms with Crippen molar-refractivity contribution in [2.24, 2.45) is 5.73 Å². The molecule has 0 spiro atoms. The molecule has 17 heavy (non-hydrogen) atoms. The van der Waals surface area contributed by atoms with Gasteiger partial charge in [0, 0.05) is 13.0 Å². The molecule has 0 saturated heterocycles. The number of aromatic nitrogens is 2. The van der Waals surface area contributed by atoms with Gasteiger partial charge in [0.05, 0.1) is 12.4 Å². The molecule has 1 atom stereocenters. The van der Waals surface area contributed by atoms with Crippen molar-refractivity contribution in [1.82, 2.24) is 9.78 Å². The van der Waals surface area contributed by atoms with Gasteiger partial charge in [-0.25, -0.2) is 0 Å². The molecule has 1 rings (SSSR count). The van der Waals surface area contributed by atoms with Gasteiger partial charge in [-0.1, -0.05) is 6.92 Å². The highest BCUT2D eigenvalue weighted by atomic mass is 19.4. The van der Waals surface area contributed by atoms with E-state index < -0.39 is 12.3 Å². The van der Waals surface area contributed by atoms with Crippen LogP contribution in [0.25, 0.3) is 0 Å². The second-order valence-electron chi connectivity index (χ2n) is 3.66. The maximum atomic E-state index is 12.5. The van der Waals surface area contributed by atoms with E-state index in [0.717, 1.165) is 6.42 Å². The molecule has 0 saturated carbocycles. The molecule has 0 radical (unpaired) electrons. The molecule has 1 aromatic rings. The largest absolute Gasteiger partial charge is 0.478 e. The third-order valence-electron chi connectivity index (χ3n) is 2.13. The Hall–Kier alpha value is -1.24. The number of hydrogen-bond acceptors (Lipinski definition) is 3. The van der Waals surface area contributed by atoms with Crippen molar-refractivity contribution in [3.63, 3.8) is 0 Å². The second kappa shape index (κ2) is 5.90. The number of hydrogen-bond donors (Lipinski definition) is 1. The number of halogens is 3. The van der Waals surface area contributed by atoms with Crippen LogP contribution in [-0.2, 0) is 6.54 Å². The van der Waals surface area contributed by atoms with Crippen LogP contribution in [0.15, 0.2) is 12.4 Å². The normalized spacial score (nSPS) is 13.7. The zero-order chi connectivity index (χ0) is 12.9. The van der Waals surface area contributed by atoms with Crippen LogP contribution < -0.4 is 10.5 Å². The van der Waals surface area contributed by atoms with E-state index in [2.05, 4.69) is 5.10 Å². The highest BCUT2D eigenvalue weighted by Crippen LogP contribution is 2.26. The molecule has 98 valence electrons. The quantitative estimate of drug-likeness (QED) is 0.840. The molecule has 0 aliphatic heterocycles. The molecule has 4 nitrogen and oxygen atoms in total. The molecule has 0 aliphatic rings. The van der Waals surface area contributed by atoms with Crippen molar-refractivity contribution in [3.8, 4) is 5.75 Å². The Morgan fingerprint density at radius 1 is 1.53 bits per heavy atom. The number of alkyl halides is 3. The molecular weight excluding hydrogens is 235 g/mol. The number of aryl methyl sites for hydroxylation is 1. The molecule has 1 heterocycles. The molecule has 0 amide bonds. The van der Waals surface area contributed by atoms with Gasteiger partial charge < -0.3 is 10.5 Å². The maximum absolute atomic E-state index is 12.5. The van der Waals surface area contributed by atoms with Crippen molar-refractivity contribution in [2.45, 2.75) is 38.6 Å². The van der Waals surface area contributed by atoms with Crippen molar-refractivity contribution >= 4 is 0 Å². The summed E-state index contributed by atoms with van der Waals surface area (Å²) >= 11 is 0. The lowest BCUT2D eigenvalue weighted by atomic mass is 10.2. The van der Waals surface area contributed by atoms with Crippen LogP contribution in [0.4, 0.5) is 13.2 Å². The summed E-state index contributed by atoms with van der Waals surface area (Å²) in [6.07, 6.45) is -2.95. The van der Waals surface area contributed by atoms with Gasteiger partial charge in [-0.05, 0) is 13.0 Å². The second-order valence-corrected chi connectivity index (χ2v) is 3.66. The number of ether oxygens (including phenoxy) is 1. The zero-order valence-electron chi connectivity index (χ0n) is 9.57. The lowest BCUT2D eigenvalue weighted by Gasteiger charge is -2.19. The summed E-state index contributed by atoms with van der Waals surface area (Å²) in [4.78, 5) is 0. The Labute approximate surface area is 97.5 Å². The van der Waals surface area contributed by atoms with E-state index in [0.29, 0.717) is 6.54 Å². The maximum Gasteiger partial charge on any atom is 0.425 e. The van der Waals surface area contributed by atoms with Gasteiger partial charge in [0.2, 0.25) is 0 Å². The highest BCUT2D eigenvalue weighted by molar-refractivity contribution is 5.12. The molecule has 1 aromatic heterocycles. The van der Waals surface area contributed by atoms with E-state index in [1.807, 2.05) is 6.92 Å². The molecule has 0 aliphatic carbocycles. The van der Waals surface area contributed by atoms with Crippen LogP contribution in [0.1, 0.15) is 19.8 Å². The van der Waals surface area contributed by atoms with Gasteiger partial charge in [-0.15, -0.1) is 0 Å². The van der Waals surface area contributed by atoms with Crippen molar-refractivity contribution in [2.75, 3.05) is 6.54 Å². The molecule has 1 unspecified atom stereocenters. The minimum absolute atomic E-state index is 0.0761. The fourth-order valence-corrected chi connectivity index (χ4v) is 1.36. The Morgan fingerprint density at radius 3 is 2.76 bits per heavy atom. The molecule has 0 fully saturated rings. The van der Waals surface area contributed by atoms with E-state index in [9.17, 15) is 13.2 Å². The minimum Gasteiger partial charge on any atom is -0.478 e. The summed E-state index contributed by atoms with van der Waals surface area (Å²) in [5.74, 6) is 0.120. The minimum atomic E-state index is -4.41. The van der Waals surface area contributed by atoms with Crippen LogP contribution in [0.2, 0.25) is 0 Å². The highest BCUT2D eigenvalue weighted by Gasteiger charge is 2.41. The SMILES string of the molecule is CCCn1cc(OC(CCN)C(F)(F)F)cn1. The lowest BCUT2D eigenvalue weighted by Crippen LogP contribution is -2.36. The summed E-state index contributed by atoms with van der Waals surface area (Å²) in [5.41, 5.74) is 5.13. The van der Waals surface area contributed by atoms with E-state index in [1.54, 1.807) is 4.68 Å². The average Bonchev–Trinajstić information content (AvgIpc) is 2.64. The van der Waals surface area contributed by atoms with Gasteiger partial charge in [0.15, 0.2) is 11.9 Å². The first kappa shape index (κ1) is 13.8. The van der Waals surface area contributed by atoms with E-state index in [1.165, 1.54) is 12.4 Å². The van der Waals surface area contributed by atoms with Crippen molar-refractivity contribution in [1.29, 1.82) is 0 Å². The molecule has 2 N–H and O–H groups in total. The fourth-order valence-electron chi connectivity index (χ4n) is 1.36. The van der Waals surface area contributed by atoms with Crippen LogP contribution >= 0.6 is 0 Å². The third kappa shape index (κ3) is 4.26. The smallest absolute Gasteiger partial charge is 0.425 e. The average molecular weight is 251 g/mol. The number of nitrogens with zero attached hydrogens (tertiary/aromatic N) is 2. The van der Waals surface area contributed by atoms with Crippen LogP contribution in [0.5, 0.6) is 5.75 Å². The van der Waals surface area contributed by atoms with Gasteiger partial charge in [-0.3, -0.25) is 4.68 Å². The predicted molar refractivity (Wildman–Crippen MR) is 56.7 cm³/mol. The molecule has 7 heteroatoms. The Morgan fingerprint density at radius 2 is 2.24 bits per heavy atom. The lowest BCUT2D eigenvalue weighted by molar-refractivity contribution is -0.196. The molecule has 0 aromatic carbocycles. The predicted octanol–water partition coefficient (Wildman–Crippen LogP) is 1.95. The summed E-state index contributed by atoms with van der Waals surface area (Å²) < 4.78 is 44.0. The molecule has 0 bridgehead atoms. The summed E-state index contributed by atoms with van der Waals surface area (Å²) in [6.45, 7) is 2.53. The van der Waals surface area contributed by atoms with E-state index in [4.69, 9.17) is 10.5 Å². The van der Waals surface area contributed by atoms with Gasteiger partial charge in [0.1, 0.15) is 0 Å². The number of nitrogens with two attached hydrogens (primary N) is 1. The third-order valence-corrected chi connectivity index (χ3v) is 2.13. The van der Waals surface area contributed by atoms with Gasteiger partial charge in [0.25, 0.3) is 0 Å². The van der Waals surface area contributed by atoms with Gasteiger partial charge >= 0.3 is 6.18 Å². The first-order valence-corrected chi connectivity index (χ1v) is 5.43. The zero-order valence-corrected chi connectivity index (χ0v) is 9.57. The monoisotopic (exact) mass is 251 g/mol. The molecular formula is C10H16F3N3O. The number of rotatable bonds is 6. The van der Waals surface area contributed by atoms with Crippen LogP contribution in [0.3, 0.4) is 0 Å². The summed E-state index contributed by atoms with van der Waals surface area (Å²) in [5, 5.41) is 3.89. The summed E-state index contributed by atoms with van der Waals surface area (Å²) in [7, 11) is 0. The van der Waals surface area contributed by atoms with Crippen molar-refractivity contribution in [3.05, 3.63) is 12.4 Å². The van der Waals surface area contributed by atoms with Crippen LogP contribution in [0, 0.1) is 0 Å². The van der Waals surface area contributed by atoms with Gasteiger partial charge in [-0.2, -0.15) is 18.3 Å². The van der Waals surface area contributed by atoms with Crippen LogP contribution in [-0.4, -0.2) is 28.6 Å². The fraction of sp³-hybridized carbons (Fsp3) is 0.700. The summed E-state index contributed by atoms with van der Waals surface area (Å²) in [6, 6.07) is 0. The topological polar surface area (TPSA) is 53.1 Å². The first-order chi connectivity index (χ1) is 7.97. The standard InChI is InChI=1S/C10H16F3N3O/c1-2-5-16-7-8(6-15-16)17-9(3-4-14)10(11,12)13/h6-7,9H,2-5,14H2,1H3. The first-order valence-electron chi connectivity index (χ1n) is 5.43. The van der Waals surface area contributed by atoms with E-state index in [-0.39, 0.29) is 18.7 Å². The Balaban J connectivity index is 2.65.